The molecule has 2 N–H and O–H groups in total. The number of halogens is 1. The van der Waals surface area contributed by atoms with Crippen LogP contribution in [-0.4, -0.2) is 23.8 Å². The topological polar surface area (TPSA) is 119 Å². The van der Waals surface area contributed by atoms with Crippen LogP contribution < -0.4 is 20.6 Å². The van der Waals surface area contributed by atoms with Gasteiger partial charge in [-0.3, -0.25) is 14.9 Å². The first-order valence-electron chi connectivity index (χ1n) is 7.99. The van der Waals surface area contributed by atoms with Gasteiger partial charge in [0.15, 0.2) is 5.92 Å². The lowest BCUT2D eigenvalue weighted by Crippen LogP contribution is -2.59. The summed E-state index contributed by atoms with van der Waals surface area (Å²) in [6.07, 6.45) is 0. The lowest BCUT2D eigenvalue weighted by molar-refractivity contribution is -0.255. The fourth-order valence-electron chi connectivity index (χ4n) is 2.70. The number of benzene rings is 2. The van der Waals surface area contributed by atoms with Gasteiger partial charge in [-0.25, -0.2) is 9.69 Å². The smallest absolute Gasteiger partial charge is 0.335 e. The number of carbonyl (C=O) groups excluding carboxylic acids is 4. The standard InChI is InChI=1S/C19H14ClN3O5/c1-10(21-13-4-2-3-11(9-13)18(26)27)15-16(24)22-19(28)23(17(15)25)14-7-5-12(20)6-8-14/h2-9,15,21H,1H2,(H,26,27)(H,22,24,28)/p-1/t15-/m0/s1. The monoisotopic (exact) mass is 398 g/mol. The number of nitrogens with one attached hydrogen (secondary N) is 2. The number of aromatic carboxylic acids is 1. The molecule has 0 saturated carbocycles. The van der Waals surface area contributed by atoms with Gasteiger partial charge >= 0.3 is 6.03 Å². The third kappa shape index (κ3) is 3.72. The Hall–Kier alpha value is -3.65. The predicted octanol–water partition coefficient (Wildman–Crippen LogP) is 1.53. The summed E-state index contributed by atoms with van der Waals surface area (Å²) in [7, 11) is 0. The van der Waals surface area contributed by atoms with E-state index in [1.165, 1.54) is 48.5 Å². The molecule has 9 heteroatoms. The Morgan fingerprint density at radius 1 is 1.14 bits per heavy atom. The van der Waals surface area contributed by atoms with Crippen LogP contribution >= 0.6 is 11.6 Å². The van der Waals surface area contributed by atoms with E-state index in [4.69, 9.17) is 11.6 Å². The van der Waals surface area contributed by atoms with Gasteiger partial charge in [0.05, 0.1) is 11.7 Å². The zero-order chi connectivity index (χ0) is 20.4. The van der Waals surface area contributed by atoms with E-state index in [1.807, 2.05) is 0 Å². The summed E-state index contributed by atoms with van der Waals surface area (Å²) in [5, 5.41) is 16.2. The summed E-state index contributed by atoms with van der Waals surface area (Å²) < 4.78 is 0. The van der Waals surface area contributed by atoms with E-state index in [9.17, 15) is 24.3 Å². The van der Waals surface area contributed by atoms with Crippen LogP contribution in [0.3, 0.4) is 0 Å². The molecule has 8 nitrogen and oxygen atoms in total. The van der Waals surface area contributed by atoms with Crippen LogP contribution in [0.5, 0.6) is 0 Å². The number of carboxylic acid groups (broad SMARTS) is 1. The number of hydrogen-bond donors (Lipinski definition) is 2. The second-order valence-corrected chi connectivity index (χ2v) is 6.33. The van der Waals surface area contributed by atoms with E-state index >= 15 is 0 Å². The highest BCUT2D eigenvalue weighted by Gasteiger charge is 2.43. The average molecular weight is 399 g/mol. The van der Waals surface area contributed by atoms with Crippen molar-refractivity contribution in [2.24, 2.45) is 5.92 Å². The fourth-order valence-corrected chi connectivity index (χ4v) is 2.82. The molecule has 0 aliphatic carbocycles. The molecule has 0 aromatic heterocycles. The van der Waals surface area contributed by atoms with E-state index in [-0.39, 0.29) is 16.9 Å². The van der Waals surface area contributed by atoms with Crippen molar-refractivity contribution in [3.05, 3.63) is 71.4 Å². The first-order chi connectivity index (χ1) is 13.3. The van der Waals surface area contributed by atoms with Gasteiger partial charge < -0.3 is 15.2 Å². The fraction of sp³-hybridized carbons (Fsp3) is 0.0526. The SMILES string of the molecule is C=C(Nc1cccc(C(=O)[O-])c1)[C@H]1C(=O)NC(=O)N(c2ccc(Cl)cc2)C1=O. The lowest BCUT2D eigenvalue weighted by Gasteiger charge is -2.31. The molecule has 142 valence electrons. The Labute approximate surface area is 164 Å². The molecule has 1 fully saturated rings. The molecule has 1 atom stereocenters. The highest BCUT2D eigenvalue weighted by molar-refractivity contribution is 6.31. The van der Waals surface area contributed by atoms with Crippen LogP contribution in [0.2, 0.25) is 5.02 Å². The average Bonchev–Trinajstić information content (AvgIpc) is 2.63. The summed E-state index contributed by atoms with van der Waals surface area (Å²) in [6, 6.07) is 10.6. The van der Waals surface area contributed by atoms with E-state index in [1.54, 1.807) is 0 Å². The number of imide groups is 2. The molecule has 0 radical (unpaired) electrons. The van der Waals surface area contributed by atoms with Gasteiger partial charge in [0.25, 0.3) is 5.91 Å². The number of urea groups is 1. The Kier molecular flexibility index (Phi) is 5.14. The Morgan fingerprint density at radius 2 is 1.82 bits per heavy atom. The van der Waals surface area contributed by atoms with Gasteiger partial charge in [-0.05, 0) is 42.0 Å². The molecule has 0 unspecified atom stereocenters. The van der Waals surface area contributed by atoms with Crippen LogP contribution in [0.15, 0.2) is 60.8 Å². The number of carbonyl (C=O) groups is 4. The van der Waals surface area contributed by atoms with Crippen molar-refractivity contribution in [1.29, 1.82) is 0 Å². The molecular formula is C19H13ClN3O5-. The Balaban J connectivity index is 1.86. The summed E-state index contributed by atoms with van der Waals surface area (Å²) in [5.41, 5.74) is 0.415. The summed E-state index contributed by atoms with van der Waals surface area (Å²) in [4.78, 5) is 49.0. The molecule has 3 rings (SSSR count). The molecule has 1 aliphatic heterocycles. The van der Waals surface area contributed by atoms with Crippen LogP contribution in [0.1, 0.15) is 10.4 Å². The van der Waals surface area contributed by atoms with E-state index < -0.39 is 29.7 Å². The Bertz CT molecular complexity index is 1000. The van der Waals surface area contributed by atoms with Gasteiger partial charge in [-0.15, -0.1) is 0 Å². The van der Waals surface area contributed by atoms with Crippen molar-refractivity contribution >= 4 is 46.8 Å². The largest absolute Gasteiger partial charge is 0.545 e. The summed E-state index contributed by atoms with van der Waals surface area (Å²) in [5.74, 6) is -4.42. The van der Waals surface area contributed by atoms with Crippen molar-refractivity contribution in [2.45, 2.75) is 0 Å². The first kappa shape index (κ1) is 19.1. The molecule has 1 heterocycles. The number of hydrogen-bond acceptors (Lipinski definition) is 6. The minimum Gasteiger partial charge on any atom is -0.545 e. The van der Waals surface area contributed by atoms with Gasteiger partial charge in [-0.1, -0.05) is 30.3 Å². The number of carboxylic acids is 1. The van der Waals surface area contributed by atoms with Crippen molar-refractivity contribution in [3.63, 3.8) is 0 Å². The van der Waals surface area contributed by atoms with E-state index in [0.717, 1.165) is 4.90 Å². The predicted molar refractivity (Wildman–Crippen MR) is 99.5 cm³/mol. The molecule has 2 aromatic rings. The molecule has 28 heavy (non-hydrogen) atoms. The molecule has 0 bridgehead atoms. The maximum atomic E-state index is 12.8. The van der Waals surface area contributed by atoms with Crippen molar-refractivity contribution in [1.82, 2.24) is 5.32 Å². The molecular weight excluding hydrogens is 386 g/mol. The van der Waals surface area contributed by atoms with Gasteiger partial charge in [0, 0.05) is 16.4 Å². The normalized spacial score (nSPS) is 16.5. The lowest BCUT2D eigenvalue weighted by atomic mass is 10.0. The first-order valence-corrected chi connectivity index (χ1v) is 8.37. The zero-order valence-corrected chi connectivity index (χ0v) is 15.0. The molecule has 0 spiro atoms. The highest BCUT2D eigenvalue weighted by Crippen LogP contribution is 2.26. The zero-order valence-electron chi connectivity index (χ0n) is 14.3. The van der Waals surface area contributed by atoms with Crippen LogP contribution in [0, 0.1) is 5.92 Å². The Morgan fingerprint density at radius 3 is 2.46 bits per heavy atom. The van der Waals surface area contributed by atoms with E-state index in [0.29, 0.717) is 10.7 Å². The third-order valence-corrected chi connectivity index (χ3v) is 4.25. The third-order valence-electron chi connectivity index (χ3n) is 4.00. The second-order valence-electron chi connectivity index (χ2n) is 5.90. The number of barbiturate groups is 1. The highest BCUT2D eigenvalue weighted by atomic mass is 35.5. The van der Waals surface area contributed by atoms with Gasteiger partial charge in [0.1, 0.15) is 0 Å². The maximum absolute atomic E-state index is 12.8. The number of nitrogens with zero attached hydrogens (tertiary/aromatic N) is 1. The second kappa shape index (κ2) is 7.53. The molecule has 4 amide bonds. The van der Waals surface area contributed by atoms with Gasteiger partial charge in [-0.2, -0.15) is 0 Å². The van der Waals surface area contributed by atoms with Crippen molar-refractivity contribution in [2.75, 3.05) is 10.2 Å². The quantitative estimate of drug-likeness (QED) is 0.737. The summed E-state index contributed by atoms with van der Waals surface area (Å²) >= 11 is 5.82. The van der Waals surface area contributed by atoms with Crippen molar-refractivity contribution in [3.8, 4) is 0 Å². The van der Waals surface area contributed by atoms with Crippen LogP contribution in [0.4, 0.5) is 16.2 Å². The van der Waals surface area contributed by atoms with E-state index in [2.05, 4.69) is 17.2 Å². The van der Waals surface area contributed by atoms with Crippen molar-refractivity contribution < 1.29 is 24.3 Å². The molecule has 1 aliphatic rings. The number of amides is 4. The van der Waals surface area contributed by atoms with Gasteiger partial charge in [0.2, 0.25) is 5.91 Å². The minimum absolute atomic E-state index is 0.0236. The van der Waals surface area contributed by atoms with Crippen LogP contribution in [0.25, 0.3) is 0 Å². The molecule has 2 aromatic carbocycles. The molecule has 1 saturated heterocycles. The minimum atomic E-state index is -1.40. The van der Waals surface area contributed by atoms with Crippen LogP contribution in [-0.2, 0) is 9.59 Å². The number of rotatable bonds is 5. The number of anilines is 2. The maximum Gasteiger partial charge on any atom is 0.335 e. The summed E-state index contributed by atoms with van der Waals surface area (Å²) in [6.45, 7) is 3.70.